The number of ketones is 3. The van der Waals surface area contributed by atoms with Crippen molar-refractivity contribution in [2.45, 2.75) is 71.0 Å². The van der Waals surface area contributed by atoms with E-state index in [1.165, 1.54) is 6.92 Å². The largest absolute Gasteiger partial charge is 0.393 e. The van der Waals surface area contributed by atoms with Crippen LogP contribution in [-0.4, -0.2) is 39.3 Å². The first-order chi connectivity index (χ1) is 13.0. The van der Waals surface area contributed by atoms with Crippen LogP contribution in [0.3, 0.4) is 0 Å². The predicted octanol–water partition coefficient (Wildman–Crippen LogP) is 2.54. The molecule has 0 unspecified atom stereocenters. The minimum absolute atomic E-state index is 0.00568. The fourth-order valence-corrected chi connectivity index (χ4v) is 7.16. The predicted molar refractivity (Wildman–Crippen MR) is 103 cm³/mol. The Bertz CT molecular complexity index is 810. The quantitative estimate of drug-likeness (QED) is 0.728. The van der Waals surface area contributed by atoms with E-state index in [0.29, 0.717) is 12.8 Å². The third kappa shape index (κ3) is 2.48. The molecule has 4 aliphatic carbocycles. The molecule has 0 radical (unpaired) electrons. The van der Waals surface area contributed by atoms with E-state index in [2.05, 4.69) is 6.92 Å². The van der Waals surface area contributed by atoms with Gasteiger partial charge in [0.2, 0.25) is 0 Å². The molecule has 0 aromatic rings. The van der Waals surface area contributed by atoms with Crippen molar-refractivity contribution in [3.05, 3.63) is 23.8 Å². The number of aliphatic hydroxyl groups excluding tert-OH is 1. The first-order valence-corrected chi connectivity index (χ1v) is 10.4. The second-order valence-electron chi connectivity index (χ2n) is 9.91. The van der Waals surface area contributed by atoms with Gasteiger partial charge in [0.15, 0.2) is 11.6 Å². The van der Waals surface area contributed by atoms with Gasteiger partial charge in [-0.05, 0) is 63.0 Å². The van der Waals surface area contributed by atoms with Crippen molar-refractivity contribution in [3.63, 3.8) is 0 Å². The molecular formula is C23H30O5. The van der Waals surface area contributed by atoms with Crippen molar-refractivity contribution in [1.82, 2.24) is 0 Å². The van der Waals surface area contributed by atoms with Crippen LogP contribution in [0.15, 0.2) is 23.8 Å². The van der Waals surface area contributed by atoms with Gasteiger partial charge in [-0.2, -0.15) is 0 Å². The molecule has 28 heavy (non-hydrogen) atoms. The minimum atomic E-state index is -1.55. The highest BCUT2D eigenvalue weighted by Crippen LogP contribution is 2.67. The molecule has 0 spiro atoms. The lowest BCUT2D eigenvalue weighted by molar-refractivity contribution is -0.176. The van der Waals surface area contributed by atoms with E-state index in [0.717, 1.165) is 24.8 Å². The Morgan fingerprint density at radius 1 is 1.25 bits per heavy atom. The molecular weight excluding hydrogens is 356 g/mol. The number of aliphatic hydroxyl groups is 2. The first kappa shape index (κ1) is 19.7. The van der Waals surface area contributed by atoms with Crippen molar-refractivity contribution >= 4 is 17.3 Å². The normalized spacial score (nSPS) is 47.0. The Kier molecular flexibility index (Phi) is 4.37. The molecule has 3 saturated carbocycles. The SMILES string of the molecule is CC(=O)CC(=O)[C@@]1(O)CC[C@H]2[C@@H]3CCC4=CC(=O)C=C[C@]4(C)[C@H]3[C@@H](O)C[C@@]21C. The van der Waals surface area contributed by atoms with E-state index >= 15 is 0 Å². The summed E-state index contributed by atoms with van der Waals surface area (Å²) in [7, 11) is 0. The maximum Gasteiger partial charge on any atom is 0.178 e. The summed E-state index contributed by atoms with van der Waals surface area (Å²) in [4.78, 5) is 36.2. The van der Waals surface area contributed by atoms with Crippen LogP contribution < -0.4 is 0 Å². The standard InChI is InChI=1S/C23H30O5/c1-13(24)10-19(27)23(28)9-7-17-16-5-4-14-11-15(25)6-8-21(14,2)20(16)18(26)12-22(17,23)3/h6,8,11,16-18,20,26,28H,4-5,7,9-10,12H2,1-3H3/t16-,17-,18-,20+,21-,22-,23-/m0/s1. The molecule has 0 aromatic heterocycles. The summed E-state index contributed by atoms with van der Waals surface area (Å²) in [5.41, 5.74) is -1.55. The van der Waals surface area contributed by atoms with Gasteiger partial charge < -0.3 is 10.2 Å². The Morgan fingerprint density at radius 3 is 2.64 bits per heavy atom. The summed E-state index contributed by atoms with van der Waals surface area (Å²) in [5, 5.41) is 22.7. The fraction of sp³-hybridized carbons (Fsp3) is 0.696. The van der Waals surface area contributed by atoms with Crippen LogP contribution in [-0.2, 0) is 14.4 Å². The molecule has 7 atom stereocenters. The summed E-state index contributed by atoms with van der Waals surface area (Å²) < 4.78 is 0. The van der Waals surface area contributed by atoms with Crippen molar-refractivity contribution in [2.75, 3.05) is 0 Å². The molecule has 2 N–H and O–H groups in total. The van der Waals surface area contributed by atoms with Gasteiger partial charge in [-0.1, -0.05) is 25.5 Å². The molecule has 0 aromatic carbocycles. The Balaban J connectivity index is 1.71. The second kappa shape index (κ2) is 6.20. The summed E-state index contributed by atoms with van der Waals surface area (Å²) >= 11 is 0. The molecule has 4 rings (SSSR count). The minimum Gasteiger partial charge on any atom is -0.393 e. The number of allylic oxidation sites excluding steroid dienone is 4. The summed E-state index contributed by atoms with van der Waals surface area (Å²) in [5.74, 6) is -0.372. The zero-order valence-corrected chi connectivity index (χ0v) is 16.9. The highest BCUT2D eigenvalue weighted by atomic mass is 16.3. The topological polar surface area (TPSA) is 91.7 Å². The number of Topliss-reactive ketones (excluding diaryl/α,β-unsaturated/α-hetero) is 2. The molecule has 5 heteroatoms. The van der Waals surface area contributed by atoms with Crippen molar-refractivity contribution in [2.24, 2.45) is 28.6 Å². The Hall–Kier alpha value is -1.59. The average Bonchev–Trinajstić information content (AvgIpc) is 2.87. The summed E-state index contributed by atoms with van der Waals surface area (Å²) in [6, 6.07) is 0. The van der Waals surface area contributed by atoms with Gasteiger partial charge >= 0.3 is 0 Å². The number of hydrogen-bond acceptors (Lipinski definition) is 5. The third-order valence-corrected chi connectivity index (χ3v) is 8.52. The lowest BCUT2D eigenvalue weighted by Crippen LogP contribution is -2.61. The van der Waals surface area contributed by atoms with E-state index in [1.54, 1.807) is 12.2 Å². The summed E-state index contributed by atoms with van der Waals surface area (Å²) in [6.45, 7) is 5.40. The van der Waals surface area contributed by atoms with Gasteiger partial charge in [-0.3, -0.25) is 14.4 Å². The molecule has 0 heterocycles. The molecule has 5 nitrogen and oxygen atoms in total. The Labute approximate surface area is 165 Å². The van der Waals surface area contributed by atoms with Crippen LogP contribution in [0.25, 0.3) is 0 Å². The number of fused-ring (bicyclic) bond motifs is 5. The van der Waals surface area contributed by atoms with Crippen LogP contribution in [0.4, 0.5) is 0 Å². The van der Waals surface area contributed by atoms with Crippen LogP contribution in [0.1, 0.15) is 59.3 Å². The van der Waals surface area contributed by atoms with Gasteiger partial charge in [0.1, 0.15) is 11.4 Å². The number of rotatable bonds is 3. The van der Waals surface area contributed by atoms with E-state index in [-0.39, 0.29) is 41.2 Å². The maximum absolute atomic E-state index is 12.8. The van der Waals surface area contributed by atoms with Crippen LogP contribution >= 0.6 is 0 Å². The molecule has 4 aliphatic rings. The van der Waals surface area contributed by atoms with Gasteiger partial charge in [0.05, 0.1) is 12.5 Å². The molecule has 0 saturated heterocycles. The van der Waals surface area contributed by atoms with Crippen LogP contribution in [0.5, 0.6) is 0 Å². The molecule has 0 aliphatic heterocycles. The lowest BCUT2D eigenvalue weighted by atomic mass is 9.46. The van der Waals surface area contributed by atoms with Gasteiger partial charge in [-0.25, -0.2) is 0 Å². The summed E-state index contributed by atoms with van der Waals surface area (Å²) in [6.07, 6.45) is 7.41. The van der Waals surface area contributed by atoms with E-state index in [4.69, 9.17) is 0 Å². The first-order valence-electron chi connectivity index (χ1n) is 10.4. The van der Waals surface area contributed by atoms with Crippen LogP contribution in [0, 0.1) is 28.6 Å². The number of carbonyl (C=O) groups is 3. The molecule has 3 fully saturated rings. The monoisotopic (exact) mass is 386 g/mol. The van der Waals surface area contributed by atoms with Crippen molar-refractivity contribution in [3.8, 4) is 0 Å². The van der Waals surface area contributed by atoms with Gasteiger partial charge in [0.25, 0.3) is 0 Å². The van der Waals surface area contributed by atoms with Crippen molar-refractivity contribution < 1.29 is 24.6 Å². The average molecular weight is 386 g/mol. The van der Waals surface area contributed by atoms with Gasteiger partial charge in [-0.15, -0.1) is 0 Å². The fourth-order valence-electron chi connectivity index (χ4n) is 7.16. The molecule has 152 valence electrons. The van der Waals surface area contributed by atoms with Crippen molar-refractivity contribution in [1.29, 1.82) is 0 Å². The number of carbonyl (C=O) groups excluding carboxylic acids is 3. The molecule has 0 bridgehead atoms. The molecule has 0 amide bonds. The lowest BCUT2D eigenvalue weighted by Gasteiger charge is -2.59. The zero-order chi connectivity index (χ0) is 20.5. The van der Waals surface area contributed by atoms with E-state index < -0.39 is 22.9 Å². The zero-order valence-electron chi connectivity index (χ0n) is 16.9. The van der Waals surface area contributed by atoms with Crippen LogP contribution in [0.2, 0.25) is 0 Å². The third-order valence-electron chi connectivity index (χ3n) is 8.52. The maximum atomic E-state index is 12.8. The second-order valence-corrected chi connectivity index (χ2v) is 9.91. The van der Waals surface area contributed by atoms with E-state index in [1.807, 2.05) is 13.0 Å². The Morgan fingerprint density at radius 2 is 1.96 bits per heavy atom. The van der Waals surface area contributed by atoms with E-state index in [9.17, 15) is 24.6 Å². The highest BCUT2D eigenvalue weighted by Gasteiger charge is 2.68. The number of hydrogen-bond donors (Lipinski definition) is 2. The smallest absolute Gasteiger partial charge is 0.178 e. The van der Waals surface area contributed by atoms with Gasteiger partial charge in [0, 0.05) is 16.7 Å². The highest BCUT2D eigenvalue weighted by molar-refractivity contribution is 6.03.